The number of hydrogen-bond donors (Lipinski definition) is 0. The van der Waals surface area contributed by atoms with Crippen molar-refractivity contribution in [3.05, 3.63) is 33.6 Å². The van der Waals surface area contributed by atoms with Gasteiger partial charge in [-0.25, -0.2) is 4.39 Å². The molecule has 0 aliphatic carbocycles. The molecule has 1 unspecified atom stereocenters. The maximum atomic E-state index is 13.1. The average molecular weight is 221 g/mol. The molecular formula is C9H7Cl2FO. The minimum absolute atomic E-state index is 0.0398. The number of benzene rings is 1. The van der Waals surface area contributed by atoms with Crippen molar-refractivity contribution in [3.8, 4) is 0 Å². The molecule has 1 atom stereocenters. The van der Waals surface area contributed by atoms with Gasteiger partial charge in [0.1, 0.15) is 11.4 Å². The lowest BCUT2D eigenvalue weighted by Gasteiger charge is -2.08. The van der Waals surface area contributed by atoms with Gasteiger partial charge >= 0.3 is 0 Å². The van der Waals surface area contributed by atoms with E-state index in [0.29, 0.717) is 17.2 Å². The lowest BCUT2D eigenvalue weighted by atomic mass is 10.0. The van der Waals surface area contributed by atoms with Gasteiger partial charge in [0.25, 0.3) is 0 Å². The zero-order valence-corrected chi connectivity index (χ0v) is 8.42. The Morgan fingerprint density at radius 3 is 2.54 bits per heavy atom. The maximum absolute atomic E-state index is 13.1. The largest absolute Gasteiger partial charge is 0.365 e. The predicted octanol–water partition coefficient (Wildman–Crippen LogP) is 3.38. The van der Waals surface area contributed by atoms with Crippen molar-refractivity contribution in [2.75, 3.05) is 6.61 Å². The summed E-state index contributed by atoms with van der Waals surface area (Å²) in [5, 5.41) is 0.490. The van der Waals surface area contributed by atoms with E-state index in [4.69, 9.17) is 27.9 Å². The highest BCUT2D eigenvalue weighted by Gasteiger charge is 2.43. The summed E-state index contributed by atoms with van der Waals surface area (Å²) in [4.78, 5) is 0. The van der Waals surface area contributed by atoms with Gasteiger partial charge < -0.3 is 4.74 Å². The molecule has 1 heterocycles. The molecular weight excluding hydrogens is 214 g/mol. The number of rotatable bonds is 1. The second-order valence-corrected chi connectivity index (χ2v) is 4.08. The third-order valence-electron chi connectivity index (χ3n) is 2.16. The van der Waals surface area contributed by atoms with Gasteiger partial charge in [0, 0.05) is 10.6 Å². The van der Waals surface area contributed by atoms with Crippen LogP contribution < -0.4 is 0 Å². The first-order chi connectivity index (χ1) is 6.03. The van der Waals surface area contributed by atoms with Crippen molar-refractivity contribution in [3.63, 3.8) is 0 Å². The zero-order chi connectivity index (χ0) is 9.64. The molecule has 0 N–H and O–H groups in total. The zero-order valence-electron chi connectivity index (χ0n) is 6.90. The van der Waals surface area contributed by atoms with Crippen LogP contribution in [0.1, 0.15) is 12.5 Å². The molecule has 2 rings (SSSR count). The summed E-state index contributed by atoms with van der Waals surface area (Å²) < 4.78 is 18.2. The van der Waals surface area contributed by atoms with Crippen LogP contribution in [0.15, 0.2) is 12.1 Å². The van der Waals surface area contributed by atoms with Crippen molar-refractivity contribution in [2.24, 2.45) is 0 Å². The van der Waals surface area contributed by atoms with Gasteiger partial charge in [-0.1, -0.05) is 23.2 Å². The fourth-order valence-corrected chi connectivity index (χ4v) is 1.77. The van der Waals surface area contributed by atoms with Crippen LogP contribution in [0.4, 0.5) is 4.39 Å². The number of epoxide rings is 1. The summed E-state index contributed by atoms with van der Waals surface area (Å²) in [6.45, 7) is 2.44. The van der Waals surface area contributed by atoms with Gasteiger partial charge in [-0.15, -0.1) is 0 Å². The standard InChI is InChI=1S/C9H7Cl2FO/c1-9(4-13-9)5-2-8(12)7(11)3-6(5)10/h2-3H,4H2,1H3. The Morgan fingerprint density at radius 1 is 1.38 bits per heavy atom. The molecule has 1 aliphatic heterocycles. The highest BCUT2D eigenvalue weighted by Crippen LogP contribution is 2.42. The summed E-state index contributed by atoms with van der Waals surface area (Å²) in [7, 11) is 0. The smallest absolute Gasteiger partial charge is 0.142 e. The van der Waals surface area contributed by atoms with Crippen molar-refractivity contribution in [1.29, 1.82) is 0 Å². The van der Waals surface area contributed by atoms with Crippen molar-refractivity contribution in [1.82, 2.24) is 0 Å². The van der Waals surface area contributed by atoms with E-state index < -0.39 is 11.4 Å². The second kappa shape index (κ2) is 2.84. The van der Waals surface area contributed by atoms with E-state index in [-0.39, 0.29) is 5.02 Å². The quantitative estimate of drug-likeness (QED) is 0.523. The van der Waals surface area contributed by atoms with Crippen molar-refractivity contribution in [2.45, 2.75) is 12.5 Å². The third-order valence-corrected chi connectivity index (χ3v) is 2.76. The van der Waals surface area contributed by atoms with E-state index in [2.05, 4.69) is 0 Å². The molecule has 1 saturated heterocycles. The van der Waals surface area contributed by atoms with E-state index in [9.17, 15) is 4.39 Å². The van der Waals surface area contributed by atoms with E-state index in [1.165, 1.54) is 12.1 Å². The van der Waals surface area contributed by atoms with Crippen LogP contribution in [0, 0.1) is 5.82 Å². The van der Waals surface area contributed by atoms with Crippen LogP contribution in [-0.2, 0) is 10.3 Å². The molecule has 0 bridgehead atoms. The first-order valence-corrected chi connectivity index (χ1v) is 4.57. The van der Waals surface area contributed by atoms with Gasteiger partial charge in [-0.2, -0.15) is 0 Å². The molecule has 0 aromatic heterocycles. The lowest BCUT2D eigenvalue weighted by molar-refractivity contribution is 0.329. The van der Waals surface area contributed by atoms with E-state index >= 15 is 0 Å². The van der Waals surface area contributed by atoms with E-state index in [0.717, 1.165) is 0 Å². The Balaban J connectivity index is 2.52. The second-order valence-electron chi connectivity index (χ2n) is 3.27. The van der Waals surface area contributed by atoms with Crippen LogP contribution in [-0.4, -0.2) is 6.61 Å². The fourth-order valence-electron chi connectivity index (χ4n) is 1.19. The predicted molar refractivity (Wildman–Crippen MR) is 49.7 cm³/mol. The number of hydrogen-bond acceptors (Lipinski definition) is 1. The Labute approximate surface area is 85.4 Å². The van der Waals surface area contributed by atoms with E-state index in [1.807, 2.05) is 6.92 Å². The monoisotopic (exact) mass is 220 g/mol. The molecule has 0 spiro atoms. The summed E-state index contributed by atoms with van der Waals surface area (Å²) in [6, 6.07) is 2.73. The Morgan fingerprint density at radius 2 is 2.00 bits per heavy atom. The number of ether oxygens (including phenoxy) is 1. The maximum Gasteiger partial charge on any atom is 0.142 e. The average Bonchev–Trinajstić information content (AvgIpc) is 2.77. The summed E-state index contributed by atoms with van der Waals surface area (Å²) in [5.41, 5.74) is 0.249. The first-order valence-electron chi connectivity index (χ1n) is 3.82. The molecule has 70 valence electrons. The van der Waals surface area contributed by atoms with Gasteiger partial charge in [0.2, 0.25) is 0 Å². The molecule has 0 saturated carbocycles. The minimum Gasteiger partial charge on any atom is -0.365 e. The summed E-state index contributed by atoms with van der Waals surface area (Å²) in [5.74, 6) is -0.460. The number of halogens is 3. The van der Waals surface area contributed by atoms with Crippen molar-refractivity contribution < 1.29 is 9.13 Å². The van der Waals surface area contributed by atoms with Gasteiger partial charge in [-0.3, -0.25) is 0 Å². The first kappa shape index (κ1) is 9.25. The Hall–Kier alpha value is -0.310. The molecule has 1 aliphatic rings. The molecule has 1 nitrogen and oxygen atoms in total. The topological polar surface area (TPSA) is 12.5 Å². The van der Waals surface area contributed by atoms with Crippen LogP contribution >= 0.6 is 23.2 Å². The molecule has 1 fully saturated rings. The SMILES string of the molecule is CC1(c2cc(F)c(Cl)cc2Cl)CO1. The minimum atomic E-state index is -0.460. The lowest BCUT2D eigenvalue weighted by Crippen LogP contribution is -2.03. The van der Waals surface area contributed by atoms with E-state index in [1.54, 1.807) is 0 Å². The van der Waals surface area contributed by atoms with Crippen LogP contribution in [0.25, 0.3) is 0 Å². The normalized spacial score (nSPS) is 26.2. The molecule has 1 aromatic carbocycles. The Kier molecular flexibility index (Phi) is 2.02. The molecule has 0 amide bonds. The summed E-state index contributed by atoms with van der Waals surface area (Å²) >= 11 is 11.5. The summed E-state index contributed by atoms with van der Waals surface area (Å²) in [6.07, 6.45) is 0. The van der Waals surface area contributed by atoms with Gasteiger partial charge in [0.05, 0.1) is 11.6 Å². The highest BCUT2D eigenvalue weighted by molar-refractivity contribution is 6.35. The van der Waals surface area contributed by atoms with Crippen LogP contribution in [0.2, 0.25) is 10.0 Å². The van der Waals surface area contributed by atoms with Crippen molar-refractivity contribution >= 4 is 23.2 Å². The molecule has 1 aromatic rings. The van der Waals surface area contributed by atoms with Gasteiger partial charge in [-0.05, 0) is 19.1 Å². The van der Waals surface area contributed by atoms with Gasteiger partial charge in [0.15, 0.2) is 0 Å². The fraction of sp³-hybridized carbons (Fsp3) is 0.333. The molecule has 13 heavy (non-hydrogen) atoms. The Bertz CT molecular complexity index is 361. The third kappa shape index (κ3) is 1.54. The highest BCUT2D eigenvalue weighted by atomic mass is 35.5. The van der Waals surface area contributed by atoms with Crippen LogP contribution in [0.5, 0.6) is 0 Å². The molecule has 4 heteroatoms. The molecule has 0 radical (unpaired) electrons. The van der Waals surface area contributed by atoms with Crippen LogP contribution in [0.3, 0.4) is 0 Å².